The quantitative estimate of drug-likeness (QED) is 0.452. The first-order valence-electron chi connectivity index (χ1n) is 9.67. The van der Waals surface area contributed by atoms with Gasteiger partial charge in [0, 0.05) is 6.08 Å². The van der Waals surface area contributed by atoms with Gasteiger partial charge in [-0.3, -0.25) is 0 Å². The van der Waals surface area contributed by atoms with Crippen molar-refractivity contribution in [3.05, 3.63) is 60.0 Å². The van der Waals surface area contributed by atoms with E-state index >= 15 is 0 Å². The molecule has 1 nitrogen and oxygen atoms in total. The molecule has 0 saturated heterocycles. The van der Waals surface area contributed by atoms with E-state index in [0.29, 0.717) is 23.7 Å². The smallest absolute Gasteiger partial charge is 0.123 e. The average molecular weight is 337 g/mol. The molecule has 0 unspecified atom stereocenters. The summed E-state index contributed by atoms with van der Waals surface area (Å²) in [5.74, 6) is 2.34. The minimum atomic E-state index is -0.147. The number of nitrogens with zero attached hydrogens (tertiary/aromatic N) is 1. The Morgan fingerprint density at radius 1 is 0.960 bits per heavy atom. The maximum absolute atomic E-state index is 13.1. The Morgan fingerprint density at radius 3 is 2.08 bits per heavy atom. The van der Waals surface area contributed by atoms with E-state index in [1.54, 1.807) is 18.2 Å². The fourth-order valence-electron chi connectivity index (χ4n) is 4.73. The molecule has 0 spiro atoms. The molecule has 0 heterocycles. The van der Waals surface area contributed by atoms with Gasteiger partial charge in [0.1, 0.15) is 5.82 Å². The van der Waals surface area contributed by atoms with Crippen molar-refractivity contribution in [2.45, 2.75) is 57.3 Å². The van der Waals surface area contributed by atoms with Crippen LogP contribution in [0.25, 0.3) is 0 Å². The van der Waals surface area contributed by atoms with Crippen LogP contribution in [0, 0.1) is 34.9 Å². The maximum atomic E-state index is 13.1. The molecule has 0 atom stereocenters. The molecule has 1 aromatic rings. The second-order valence-electron chi connectivity index (χ2n) is 7.77. The van der Waals surface area contributed by atoms with Crippen molar-refractivity contribution in [1.82, 2.24) is 0 Å². The molecule has 2 heteroatoms. The Morgan fingerprint density at radius 2 is 1.52 bits per heavy atom. The highest BCUT2D eigenvalue weighted by Gasteiger charge is 2.29. The monoisotopic (exact) mass is 337 g/mol. The van der Waals surface area contributed by atoms with Gasteiger partial charge in [-0.1, -0.05) is 30.4 Å². The van der Waals surface area contributed by atoms with Gasteiger partial charge in [-0.25, -0.2) is 4.39 Å². The van der Waals surface area contributed by atoms with Crippen molar-refractivity contribution < 1.29 is 4.39 Å². The summed E-state index contributed by atoms with van der Waals surface area (Å²) in [7, 11) is 0. The molecule has 132 valence electrons. The van der Waals surface area contributed by atoms with Crippen molar-refractivity contribution in [2.75, 3.05) is 0 Å². The summed E-state index contributed by atoms with van der Waals surface area (Å²) in [6, 6.07) is 9.17. The largest absolute Gasteiger partial charge is 0.207 e. The third-order valence-corrected chi connectivity index (χ3v) is 6.33. The summed E-state index contributed by atoms with van der Waals surface area (Å²) in [4.78, 5) is 0. The second-order valence-corrected chi connectivity index (χ2v) is 7.77. The van der Waals surface area contributed by atoms with E-state index in [1.807, 2.05) is 12.1 Å². The van der Waals surface area contributed by atoms with Gasteiger partial charge in [-0.15, -0.1) is 0 Å². The molecule has 2 fully saturated rings. The molecule has 1 aromatic carbocycles. The van der Waals surface area contributed by atoms with Crippen molar-refractivity contribution in [3.8, 4) is 6.07 Å². The van der Waals surface area contributed by atoms with E-state index < -0.39 is 0 Å². The maximum Gasteiger partial charge on any atom is 0.123 e. The van der Waals surface area contributed by atoms with E-state index in [9.17, 15) is 4.39 Å². The number of hydrogen-bond acceptors (Lipinski definition) is 1. The lowest BCUT2D eigenvalue weighted by atomic mass is 9.70. The van der Waals surface area contributed by atoms with Crippen LogP contribution in [0.5, 0.6) is 0 Å². The van der Waals surface area contributed by atoms with Crippen LogP contribution in [0.1, 0.15) is 62.8 Å². The Kier molecular flexibility index (Phi) is 6.08. The van der Waals surface area contributed by atoms with Crippen molar-refractivity contribution in [1.29, 1.82) is 5.26 Å². The summed E-state index contributed by atoms with van der Waals surface area (Å²) in [6.45, 7) is 4.48. The first-order chi connectivity index (χ1) is 12.2. The van der Waals surface area contributed by atoms with E-state index in [-0.39, 0.29) is 5.82 Å². The highest BCUT2D eigenvalue weighted by atomic mass is 19.1. The summed E-state index contributed by atoms with van der Waals surface area (Å²) in [5.41, 5.74) is 2.76. The molecular formula is C23H28FN. The van der Waals surface area contributed by atoms with Gasteiger partial charge in [0.15, 0.2) is 0 Å². The van der Waals surface area contributed by atoms with Gasteiger partial charge >= 0.3 is 0 Å². The van der Waals surface area contributed by atoms with E-state index in [2.05, 4.69) is 18.7 Å². The lowest BCUT2D eigenvalue weighted by Gasteiger charge is -2.35. The zero-order valence-corrected chi connectivity index (χ0v) is 15.0. The van der Waals surface area contributed by atoms with Crippen LogP contribution in [-0.4, -0.2) is 0 Å². The Bertz CT molecular complexity index is 636. The zero-order chi connectivity index (χ0) is 17.6. The van der Waals surface area contributed by atoms with Gasteiger partial charge in [0.2, 0.25) is 0 Å². The molecule has 3 rings (SSSR count). The fourth-order valence-corrected chi connectivity index (χ4v) is 4.73. The van der Waals surface area contributed by atoms with Gasteiger partial charge in [-0.05, 0) is 92.7 Å². The van der Waals surface area contributed by atoms with Crippen LogP contribution in [0.2, 0.25) is 0 Å². The van der Waals surface area contributed by atoms with Crippen LogP contribution in [-0.2, 0) is 0 Å². The van der Waals surface area contributed by atoms with Gasteiger partial charge in [0.05, 0.1) is 6.07 Å². The van der Waals surface area contributed by atoms with Crippen LogP contribution in [0.15, 0.2) is 48.6 Å². The molecule has 2 aliphatic carbocycles. The minimum absolute atomic E-state index is 0.147. The molecule has 0 bridgehead atoms. The van der Waals surface area contributed by atoms with Crippen molar-refractivity contribution in [3.63, 3.8) is 0 Å². The predicted molar refractivity (Wildman–Crippen MR) is 100 cm³/mol. The summed E-state index contributed by atoms with van der Waals surface area (Å²) in [5, 5.41) is 8.66. The predicted octanol–water partition coefficient (Wildman–Crippen LogP) is 6.54. The third kappa shape index (κ3) is 4.60. The van der Waals surface area contributed by atoms with Crippen LogP contribution in [0.3, 0.4) is 0 Å². The Hall–Kier alpha value is -1.88. The molecule has 0 N–H and O–H groups in total. The first kappa shape index (κ1) is 17.9. The lowest BCUT2D eigenvalue weighted by molar-refractivity contribution is 0.290. The number of halogens is 1. The number of benzene rings is 1. The fraction of sp³-hybridized carbons (Fsp3) is 0.522. The molecule has 0 amide bonds. The minimum Gasteiger partial charge on any atom is -0.207 e. The van der Waals surface area contributed by atoms with Crippen LogP contribution in [0.4, 0.5) is 4.39 Å². The SMILES string of the molecule is C=C(C1CCC(/C=C/C#N)CC1)C1CCC(c2ccc(F)cc2)CC1. The Balaban J connectivity index is 1.48. The normalized spacial score (nSPS) is 30.1. The molecule has 2 saturated carbocycles. The highest BCUT2D eigenvalue weighted by Crippen LogP contribution is 2.43. The summed E-state index contributed by atoms with van der Waals surface area (Å²) >= 11 is 0. The molecule has 0 aromatic heterocycles. The second kappa shape index (κ2) is 8.48. The third-order valence-electron chi connectivity index (χ3n) is 6.33. The van der Waals surface area contributed by atoms with E-state index in [0.717, 1.165) is 0 Å². The average Bonchev–Trinajstić information content (AvgIpc) is 2.67. The number of hydrogen-bond donors (Lipinski definition) is 0. The highest BCUT2D eigenvalue weighted by molar-refractivity contribution is 5.22. The number of rotatable bonds is 4. The van der Waals surface area contributed by atoms with Crippen molar-refractivity contribution in [2.24, 2.45) is 17.8 Å². The number of nitriles is 1. The number of allylic oxidation sites excluding steroid dienone is 3. The van der Waals surface area contributed by atoms with Gasteiger partial charge in [0.25, 0.3) is 0 Å². The van der Waals surface area contributed by atoms with E-state index in [1.165, 1.54) is 62.5 Å². The summed E-state index contributed by atoms with van der Waals surface area (Å²) < 4.78 is 13.1. The molecule has 0 radical (unpaired) electrons. The zero-order valence-electron chi connectivity index (χ0n) is 15.0. The molecule has 2 aliphatic rings. The van der Waals surface area contributed by atoms with Crippen molar-refractivity contribution >= 4 is 0 Å². The van der Waals surface area contributed by atoms with Gasteiger partial charge < -0.3 is 0 Å². The Labute approximate surface area is 151 Å². The molecule has 0 aliphatic heterocycles. The standard InChI is InChI=1S/C23H28FN/c1-17(19-6-4-18(5-7-19)3-2-16-25)20-8-10-21(11-9-20)22-12-14-23(24)15-13-22/h2-3,12-15,18-21H,1,4-11H2/b3-2+. The van der Waals surface area contributed by atoms with Gasteiger partial charge in [-0.2, -0.15) is 5.26 Å². The lowest BCUT2D eigenvalue weighted by Crippen LogP contribution is -2.22. The molecular weight excluding hydrogens is 309 g/mol. The van der Waals surface area contributed by atoms with Crippen LogP contribution >= 0.6 is 0 Å². The van der Waals surface area contributed by atoms with E-state index in [4.69, 9.17) is 5.26 Å². The molecule has 25 heavy (non-hydrogen) atoms. The first-order valence-corrected chi connectivity index (χ1v) is 9.67. The topological polar surface area (TPSA) is 23.8 Å². The summed E-state index contributed by atoms with van der Waals surface area (Å²) in [6.07, 6.45) is 13.3. The van der Waals surface area contributed by atoms with Crippen LogP contribution < -0.4 is 0 Å².